The van der Waals surface area contributed by atoms with Gasteiger partial charge < -0.3 is 10.6 Å². The van der Waals surface area contributed by atoms with Crippen LogP contribution in [0.15, 0.2) is 0 Å². The molecule has 0 amide bonds. The first-order chi connectivity index (χ1) is 6.46. The van der Waals surface area contributed by atoms with Crippen LogP contribution in [0.2, 0.25) is 0 Å². The van der Waals surface area contributed by atoms with Crippen LogP contribution in [-0.4, -0.2) is 30.1 Å². The maximum absolute atomic E-state index is 6.24. The third-order valence-corrected chi connectivity index (χ3v) is 3.43. The summed E-state index contributed by atoms with van der Waals surface area (Å²) in [6.45, 7) is 7.74. The number of nitrogens with two attached hydrogens (primary N) is 1. The van der Waals surface area contributed by atoms with Crippen molar-refractivity contribution in [2.45, 2.75) is 58.0 Å². The number of nitrogens with zero attached hydrogens (tertiary/aromatic N) is 1. The van der Waals surface area contributed by atoms with Crippen LogP contribution in [0.25, 0.3) is 0 Å². The lowest BCUT2D eigenvalue weighted by Crippen LogP contribution is -2.49. The van der Waals surface area contributed by atoms with Gasteiger partial charge in [0, 0.05) is 18.1 Å². The molecule has 2 atom stereocenters. The fourth-order valence-corrected chi connectivity index (χ4v) is 2.30. The molecule has 0 aromatic heterocycles. The van der Waals surface area contributed by atoms with Crippen molar-refractivity contribution in [3.8, 4) is 0 Å². The van der Waals surface area contributed by atoms with E-state index in [0.29, 0.717) is 0 Å². The molecule has 0 radical (unpaired) electrons. The van der Waals surface area contributed by atoms with Gasteiger partial charge in [-0.05, 0) is 46.1 Å². The molecule has 84 valence electrons. The first kappa shape index (κ1) is 12.0. The number of hydrogen-bond donors (Lipinski definition) is 1. The van der Waals surface area contributed by atoms with E-state index >= 15 is 0 Å². The Morgan fingerprint density at radius 3 is 2.50 bits per heavy atom. The summed E-state index contributed by atoms with van der Waals surface area (Å²) in [6, 6.07) is 0.717. The molecule has 0 aromatic rings. The summed E-state index contributed by atoms with van der Waals surface area (Å²) < 4.78 is 0. The zero-order valence-electron chi connectivity index (χ0n) is 10.2. The van der Waals surface area contributed by atoms with Gasteiger partial charge in [0.15, 0.2) is 0 Å². The van der Waals surface area contributed by atoms with Gasteiger partial charge in [-0.25, -0.2) is 0 Å². The smallest absolute Gasteiger partial charge is 0.0254 e. The van der Waals surface area contributed by atoms with Gasteiger partial charge in [0.05, 0.1) is 0 Å². The summed E-state index contributed by atoms with van der Waals surface area (Å²) >= 11 is 0. The molecule has 2 nitrogen and oxygen atoms in total. The Labute approximate surface area is 88.8 Å². The van der Waals surface area contributed by atoms with Crippen molar-refractivity contribution >= 4 is 0 Å². The molecule has 0 aromatic carbocycles. The number of hydrogen-bond acceptors (Lipinski definition) is 2. The van der Waals surface area contributed by atoms with E-state index in [9.17, 15) is 0 Å². The lowest BCUT2D eigenvalue weighted by atomic mass is 9.96. The molecule has 1 aliphatic rings. The summed E-state index contributed by atoms with van der Waals surface area (Å²) in [6.07, 6.45) is 5.13. The maximum Gasteiger partial charge on any atom is 0.0254 e. The third-order valence-electron chi connectivity index (χ3n) is 3.43. The molecule has 2 unspecified atom stereocenters. The highest BCUT2D eigenvalue weighted by atomic mass is 15.2. The lowest BCUT2D eigenvalue weighted by Gasteiger charge is -2.33. The number of likely N-dealkylation sites (N-methyl/N-ethyl adjacent to an activating group) is 1. The lowest BCUT2D eigenvalue weighted by molar-refractivity contribution is 0.183. The fourth-order valence-electron chi connectivity index (χ4n) is 2.30. The second-order valence-electron chi connectivity index (χ2n) is 5.40. The van der Waals surface area contributed by atoms with Crippen LogP contribution in [0, 0.1) is 5.92 Å². The molecule has 1 aliphatic carbocycles. The molecule has 0 heterocycles. The maximum atomic E-state index is 6.24. The van der Waals surface area contributed by atoms with Gasteiger partial charge in [-0.3, -0.25) is 0 Å². The average Bonchev–Trinajstić information content (AvgIpc) is 2.83. The SMILES string of the molecule is CCCC(C)(N)CN(C)C(C)C1CC1. The van der Waals surface area contributed by atoms with Crippen LogP contribution in [0.3, 0.4) is 0 Å². The van der Waals surface area contributed by atoms with Crippen LogP contribution in [0.4, 0.5) is 0 Å². The van der Waals surface area contributed by atoms with Crippen molar-refractivity contribution in [1.82, 2.24) is 4.90 Å². The monoisotopic (exact) mass is 198 g/mol. The van der Waals surface area contributed by atoms with Crippen molar-refractivity contribution < 1.29 is 0 Å². The fraction of sp³-hybridized carbons (Fsp3) is 1.00. The largest absolute Gasteiger partial charge is 0.324 e. The first-order valence-electron chi connectivity index (χ1n) is 5.95. The van der Waals surface area contributed by atoms with Gasteiger partial charge in [-0.15, -0.1) is 0 Å². The van der Waals surface area contributed by atoms with Gasteiger partial charge in [-0.1, -0.05) is 13.3 Å². The molecule has 1 saturated carbocycles. The standard InChI is InChI=1S/C12H26N2/c1-5-8-12(3,13)9-14(4)10(2)11-6-7-11/h10-11H,5-9,13H2,1-4H3. The molecule has 0 saturated heterocycles. The molecule has 2 N–H and O–H groups in total. The summed E-state index contributed by atoms with van der Waals surface area (Å²) in [4.78, 5) is 2.44. The first-order valence-corrected chi connectivity index (χ1v) is 5.95. The van der Waals surface area contributed by atoms with E-state index in [1.54, 1.807) is 0 Å². The molecule has 0 spiro atoms. The van der Waals surface area contributed by atoms with Crippen LogP contribution in [0.5, 0.6) is 0 Å². The Kier molecular flexibility index (Phi) is 3.96. The molecule has 0 bridgehead atoms. The third kappa shape index (κ3) is 3.58. The molecule has 0 aliphatic heterocycles. The van der Waals surface area contributed by atoms with Crippen molar-refractivity contribution in [2.75, 3.05) is 13.6 Å². The van der Waals surface area contributed by atoms with Gasteiger partial charge in [0.25, 0.3) is 0 Å². The van der Waals surface area contributed by atoms with E-state index in [1.165, 1.54) is 19.3 Å². The summed E-state index contributed by atoms with van der Waals surface area (Å²) in [5.74, 6) is 0.942. The van der Waals surface area contributed by atoms with Gasteiger partial charge in [0.2, 0.25) is 0 Å². The Hall–Kier alpha value is -0.0800. The minimum atomic E-state index is -0.00729. The second-order valence-corrected chi connectivity index (χ2v) is 5.40. The van der Waals surface area contributed by atoms with Gasteiger partial charge in [0.1, 0.15) is 0 Å². The highest BCUT2D eigenvalue weighted by molar-refractivity contribution is 4.88. The van der Waals surface area contributed by atoms with Crippen LogP contribution in [-0.2, 0) is 0 Å². The minimum Gasteiger partial charge on any atom is -0.324 e. The van der Waals surface area contributed by atoms with E-state index in [1.807, 2.05) is 0 Å². The van der Waals surface area contributed by atoms with Crippen LogP contribution < -0.4 is 5.73 Å². The van der Waals surface area contributed by atoms with Crippen LogP contribution in [0.1, 0.15) is 46.5 Å². The zero-order valence-corrected chi connectivity index (χ0v) is 10.2. The summed E-state index contributed by atoms with van der Waals surface area (Å²) in [7, 11) is 2.21. The zero-order chi connectivity index (χ0) is 10.8. The summed E-state index contributed by atoms with van der Waals surface area (Å²) in [5.41, 5.74) is 6.24. The second kappa shape index (κ2) is 4.63. The number of rotatable bonds is 6. The molecule has 2 heteroatoms. The van der Waals surface area contributed by atoms with Crippen molar-refractivity contribution in [3.05, 3.63) is 0 Å². The van der Waals surface area contributed by atoms with Crippen molar-refractivity contribution in [3.63, 3.8) is 0 Å². The van der Waals surface area contributed by atoms with Crippen molar-refractivity contribution in [1.29, 1.82) is 0 Å². The molecule has 1 rings (SSSR count). The van der Waals surface area contributed by atoms with Gasteiger partial charge in [-0.2, -0.15) is 0 Å². The topological polar surface area (TPSA) is 29.3 Å². The van der Waals surface area contributed by atoms with Gasteiger partial charge >= 0.3 is 0 Å². The Morgan fingerprint density at radius 2 is 2.07 bits per heavy atom. The van der Waals surface area contributed by atoms with E-state index < -0.39 is 0 Å². The predicted octanol–water partition coefficient (Wildman–Crippen LogP) is 2.23. The summed E-state index contributed by atoms with van der Waals surface area (Å²) in [5, 5.41) is 0. The molecule has 1 fully saturated rings. The van der Waals surface area contributed by atoms with Crippen molar-refractivity contribution in [2.24, 2.45) is 11.7 Å². The predicted molar refractivity (Wildman–Crippen MR) is 62.3 cm³/mol. The van der Waals surface area contributed by atoms with Crippen LogP contribution >= 0.6 is 0 Å². The van der Waals surface area contributed by atoms with E-state index in [-0.39, 0.29) is 5.54 Å². The Balaban J connectivity index is 2.33. The normalized spacial score (nSPS) is 23.6. The minimum absolute atomic E-state index is 0.00729. The Bertz CT molecular complexity index is 173. The average molecular weight is 198 g/mol. The highest BCUT2D eigenvalue weighted by Crippen LogP contribution is 2.35. The highest BCUT2D eigenvalue weighted by Gasteiger charge is 2.32. The Morgan fingerprint density at radius 1 is 1.50 bits per heavy atom. The quantitative estimate of drug-likeness (QED) is 0.709. The van der Waals surface area contributed by atoms with E-state index in [4.69, 9.17) is 5.73 Å². The van der Waals surface area contributed by atoms with E-state index in [2.05, 4.69) is 32.7 Å². The molecular weight excluding hydrogens is 172 g/mol. The van der Waals surface area contributed by atoms with E-state index in [0.717, 1.165) is 24.9 Å². The molecule has 14 heavy (non-hydrogen) atoms. The molecular formula is C12H26N2.